The molecule has 0 bridgehead atoms. The molecular formula is C15H26ClNS. The first-order valence-corrected chi connectivity index (χ1v) is 8.39. The van der Waals surface area contributed by atoms with Crippen LogP contribution in [0, 0.1) is 5.92 Å². The van der Waals surface area contributed by atoms with Gasteiger partial charge in [0.2, 0.25) is 0 Å². The predicted octanol–water partition coefficient (Wildman–Crippen LogP) is 5.66. The maximum Gasteiger partial charge on any atom is 0.0931 e. The maximum absolute atomic E-state index is 6.05. The second-order valence-corrected chi connectivity index (χ2v) is 6.65. The van der Waals surface area contributed by atoms with Gasteiger partial charge in [0.25, 0.3) is 0 Å². The number of unbranched alkanes of at least 4 members (excludes halogenated alkanes) is 1. The fourth-order valence-electron chi connectivity index (χ4n) is 2.38. The van der Waals surface area contributed by atoms with Crippen LogP contribution in [-0.2, 0) is 0 Å². The molecule has 0 saturated carbocycles. The molecule has 0 radical (unpaired) electrons. The number of hydrogen-bond acceptors (Lipinski definition) is 2. The fraction of sp³-hybridized carbons (Fsp3) is 0.733. The molecule has 0 aromatic carbocycles. The quantitative estimate of drug-likeness (QED) is 0.618. The van der Waals surface area contributed by atoms with Crippen molar-refractivity contribution in [2.24, 2.45) is 5.92 Å². The summed E-state index contributed by atoms with van der Waals surface area (Å²) < 4.78 is 0.898. The average Bonchev–Trinajstić information content (AvgIpc) is 2.80. The molecule has 1 nitrogen and oxygen atoms in total. The molecule has 0 aliphatic carbocycles. The third-order valence-electron chi connectivity index (χ3n) is 3.50. The molecule has 0 amide bonds. The molecule has 0 fully saturated rings. The van der Waals surface area contributed by atoms with Gasteiger partial charge in [-0.05, 0) is 31.0 Å². The summed E-state index contributed by atoms with van der Waals surface area (Å²) in [5, 5.41) is 3.61. The Morgan fingerprint density at radius 3 is 2.56 bits per heavy atom. The highest BCUT2D eigenvalue weighted by atomic mass is 35.5. The van der Waals surface area contributed by atoms with Crippen LogP contribution in [0.15, 0.2) is 12.1 Å². The van der Waals surface area contributed by atoms with E-state index in [9.17, 15) is 0 Å². The van der Waals surface area contributed by atoms with E-state index >= 15 is 0 Å². The van der Waals surface area contributed by atoms with E-state index < -0.39 is 0 Å². The summed E-state index contributed by atoms with van der Waals surface area (Å²) >= 11 is 7.76. The highest BCUT2D eigenvalue weighted by Gasteiger charge is 2.17. The van der Waals surface area contributed by atoms with Crippen LogP contribution < -0.4 is 5.32 Å². The molecule has 104 valence electrons. The van der Waals surface area contributed by atoms with Gasteiger partial charge in [-0.2, -0.15) is 0 Å². The van der Waals surface area contributed by atoms with E-state index in [-0.39, 0.29) is 0 Å². The Hall–Kier alpha value is -0.0500. The average molecular weight is 288 g/mol. The van der Waals surface area contributed by atoms with E-state index in [0.29, 0.717) is 6.04 Å². The Kier molecular flexibility index (Phi) is 7.96. The summed E-state index contributed by atoms with van der Waals surface area (Å²) in [6, 6.07) is 4.67. The van der Waals surface area contributed by atoms with Crippen molar-refractivity contribution in [2.45, 2.75) is 58.9 Å². The van der Waals surface area contributed by atoms with Crippen molar-refractivity contribution < 1.29 is 0 Å². The topological polar surface area (TPSA) is 12.0 Å². The van der Waals surface area contributed by atoms with Crippen LogP contribution in [0.2, 0.25) is 4.34 Å². The SMILES string of the molecule is CCCCC(CC)CC(NCC)c1ccc(Cl)s1. The van der Waals surface area contributed by atoms with Gasteiger partial charge in [-0.15, -0.1) is 11.3 Å². The summed E-state index contributed by atoms with van der Waals surface area (Å²) in [5.74, 6) is 0.829. The largest absolute Gasteiger partial charge is 0.310 e. The lowest BCUT2D eigenvalue weighted by Crippen LogP contribution is -2.22. The monoisotopic (exact) mass is 287 g/mol. The fourth-order valence-corrected chi connectivity index (χ4v) is 3.53. The van der Waals surface area contributed by atoms with Crippen molar-refractivity contribution in [3.63, 3.8) is 0 Å². The number of nitrogens with one attached hydrogen (secondary N) is 1. The Morgan fingerprint density at radius 2 is 2.06 bits per heavy atom. The molecule has 1 N–H and O–H groups in total. The first-order chi connectivity index (χ1) is 8.71. The molecular weight excluding hydrogens is 262 g/mol. The molecule has 18 heavy (non-hydrogen) atoms. The lowest BCUT2D eigenvalue weighted by atomic mass is 9.91. The van der Waals surface area contributed by atoms with Gasteiger partial charge in [0.1, 0.15) is 0 Å². The van der Waals surface area contributed by atoms with Crippen LogP contribution in [0.3, 0.4) is 0 Å². The molecule has 1 heterocycles. The third-order valence-corrected chi connectivity index (χ3v) is 4.85. The van der Waals surface area contributed by atoms with Crippen LogP contribution in [0.25, 0.3) is 0 Å². The molecule has 2 atom stereocenters. The van der Waals surface area contributed by atoms with Gasteiger partial charge in [0.15, 0.2) is 0 Å². The summed E-state index contributed by atoms with van der Waals surface area (Å²) in [6.07, 6.45) is 6.52. The number of thiophene rings is 1. The minimum atomic E-state index is 0.481. The van der Waals surface area contributed by atoms with E-state index in [1.807, 2.05) is 6.07 Å². The molecule has 0 spiro atoms. The molecule has 0 saturated heterocycles. The zero-order chi connectivity index (χ0) is 13.4. The lowest BCUT2D eigenvalue weighted by Gasteiger charge is -2.22. The van der Waals surface area contributed by atoms with Gasteiger partial charge >= 0.3 is 0 Å². The summed E-state index contributed by atoms with van der Waals surface area (Å²) in [4.78, 5) is 1.39. The van der Waals surface area contributed by atoms with E-state index in [0.717, 1.165) is 16.8 Å². The first-order valence-electron chi connectivity index (χ1n) is 7.19. The van der Waals surface area contributed by atoms with Crippen LogP contribution in [-0.4, -0.2) is 6.54 Å². The maximum atomic E-state index is 6.05. The Labute approximate surface area is 121 Å². The van der Waals surface area contributed by atoms with Crippen LogP contribution in [0.1, 0.15) is 63.8 Å². The summed E-state index contributed by atoms with van der Waals surface area (Å²) in [5.41, 5.74) is 0. The van der Waals surface area contributed by atoms with Crippen molar-refractivity contribution in [2.75, 3.05) is 6.54 Å². The minimum absolute atomic E-state index is 0.481. The van der Waals surface area contributed by atoms with Crippen molar-refractivity contribution in [3.05, 3.63) is 21.3 Å². The minimum Gasteiger partial charge on any atom is -0.310 e. The van der Waals surface area contributed by atoms with Crippen LogP contribution in [0.5, 0.6) is 0 Å². The van der Waals surface area contributed by atoms with Crippen molar-refractivity contribution in [1.29, 1.82) is 0 Å². The van der Waals surface area contributed by atoms with Gasteiger partial charge in [-0.25, -0.2) is 0 Å². The molecule has 1 aromatic heterocycles. The zero-order valence-corrected chi connectivity index (χ0v) is 13.4. The standard InChI is InChI=1S/C15H26ClNS/c1-4-7-8-12(5-2)11-13(17-6-3)14-9-10-15(16)18-14/h9-10,12-13,17H,4-8,11H2,1-3H3. The smallest absolute Gasteiger partial charge is 0.0931 e. The van der Waals surface area contributed by atoms with Crippen LogP contribution >= 0.6 is 22.9 Å². The Balaban J connectivity index is 2.60. The van der Waals surface area contributed by atoms with Gasteiger partial charge in [-0.1, -0.05) is 58.1 Å². The number of rotatable bonds is 9. The van der Waals surface area contributed by atoms with Gasteiger partial charge in [0, 0.05) is 10.9 Å². The number of hydrogen-bond donors (Lipinski definition) is 1. The molecule has 2 unspecified atom stereocenters. The molecule has 1 rings (SSSR count). The summed E-state index contributed by atoms with van der Waals surface area (Å²) in [7, 11) is 0. The summed E-state index contributed by atoms with van der Waals surface area (Å²) in [6.45, 7) is 7.78. The predicted molar refractivity (Wildman–Crippen MR) is 83.7 cm³/mol. The Bertz CT molecular complexity index is 324. The molecule has 0 aliphatic heterocycles. The van der Waals surface area contributed by atoms with Gasteiger partial charge < -0.3 is 5.32 Å². The van der Waals surface area contributed by atoms with E-state index in [1.54, 1.807) is 11.3 Å². The van der Waals surface area contributed by atoms with Gasteiger partial charge in [-0.3, -0.25) is 0 Å². The van der Waals surface area contributed by atoms with Crippen LogP contribution in [0.4, 0.5) is 0 Å². The second kappa shape index (κ2) is 8.95. The lowest BCUT2D eigenvalue weighted by molar-refractivity contribution is 0.359. The molecule has 0 aliphatic rings. The van der Waals surface area contributed by atoms with E-state index in [4.69, 9.17) is 11.6 Å². The van der Waals surface area contributed by atoms with Crippen molar-refractivity contribution in [3.8, 4) is 0 Å². The zero-order valence-electron chi connectivity index (χ0n) is 11.8. The third kappa shape index (κ3) is 5.29. The second-order valence-electron chi connectivity index (χ2n) is 4.90. The Morgan fingerprint density at radius 1 is 1.28 bits per heavy atom. The van der Waals surface area contributed by atoms with E-state index in [2.05, 4.69) is 32.2 Å². The highest BCUT2D eigenvalue weighted by Crippen LogP contribution is 2.32. The van der Waals surface area contributed by atoms with Crippen molar-refractivity contribution >= 4 is 22.9 Å². The highest BCUT2D eigenvalue weighted by molar-refractivity contribution is 7.16. The van der Waals surface area contributed by atoms with E-state index in [1.165, 1.54) is 37.0 Å². The first kappa shape index (κ1) is 16.0. The van der Waals surface area contributed by atoms with Crippen molar-refractivity contribution in [1.82, 2.24) is 5.32 Å². The number of halogens is 1. The molecule has 3 heteroatoms. The normalized spacial score (nSPS) is 14.7. The molecule has 1 aromatic rings. The van der Waals surface area contributed by atoms with Gasteiger partial charge in [0.05, 0.1) is 4.34 Å².